The molecular weight excluding hydrogens is 336 g/mol. The molecule has 0 aromatic heterocycles. The Balaban J connectivity index is 1.69. The van der Waals surface area contributed by atoms with Gasteiger partial charge in [-0.05, 0) is 34.9 Å². The lowest BCUT2D eigenvalue weighted by Crippen LogP contribution is -2.33. The zero-order valence-corrected chi connectivity index (χ0v) is 15.6. The monoisotopic (exact) mass is 360 g/mol. The molecule has 0 spiro atoms. The average Bonchev–Trinajstić information content (AvgIpc) is 2.67. The van der Waals surface area contributed by atoms with Gasteiger partial charge in [-0.2, -0.15) is 0 Å². The molecule has 138 valence electrons. The summed E-state index contributed by atoms with van der Waals surface area (Å²) in [6.45, 7) is 3.43. The van der Waals surface area contributed by atoms with E-state index in [0.29, 0.717) is 0 Å². The standard InChI is InChI=1S/C23H24N2O2/c1-16(20-13-12-18-8-6-7-11-21(18)14-20)24-23(27)15-22(25-17(2)26)19-9-4-3-5-10-19/h3-14,16,22H,15H2,1-2H3,(H,24,27)(H,25,26)/t16-,22+/m0/s1. The molecule has 2 N–H and O–H groups in total. The van der Waals surface area contributed by atoms with Gasteiger partial charge in [-0.3, -0.25) is 9.59 Å². The lowest BCUT2D eigenvalue weighted by molar-refractivity contribution is -0.123. The first-order valence-electron chi connectivity index (χ1n) is 9.13. The highest BCUT2D eigenvalue weighted by Crippen LogP contribution is 2.21. The van der Waals surface area contributed by atoms with Gasteiger partial charge in [0.25, 0.3) is 0 Å². The van der Waals surface area contributed by atoms with Crippen molar-refractivity contribution in [1.82, 2.24) is 10.6 Å². The number of nitrogens with one attached hydrogen (secondary N) is 2. The summed E-state index contributed by atoms with van der Waals surface area (Å²) >= 11 is 0. The van der Waals surface area contributed by atoms with Crippen LogP contribution in [0.15, 0.2) is 72.8 Å². The van der Waals surface area contributed by atoms with E-state index in [1.165, 1.54) is 12.3 Å². The van der Waals surface area contributed by atoms with E-state index in [9.17, 15) is 9.59 Å². The summed E-state index contributed by atoms with van der Waals surface area (Å²) in [5.74, 6) is -0.252. The zero-order valence-electron chi connectivity index (χ0n) is 15.6. The van der Waals surface area contributed by atoms with Crippen LogP contribution in [0.2, 0.25) is 0 Å². The smallest absolute Gasteiger partial charge is 0.222 e. The largest absolute Gasteiger partial charge is 0.350 e. The fraction of sp³-hybridized carbons (Fsp3) is 0.217. The van der Waals surface area contributed by atoms with Crippen LogP contribution in [0.25, 0.3) is 10.8 Å². The SMILES string of the molecule is CC(=O)N[C@H](CC(=O)N[C@@H](C)c1ccc2ccccc2c1)c1ccccc1. The van der Waals surface area contributed by atoms with Crippen LogP contribution >= 0.6 is 0 Å². The lowest BCUT2D eigenvalue weighted by atomic mass is 10.0. The Kier molecular flexibility index (Phi) is 5.87. The fourth-order valence-electron chi connectivity index (χ4n) is 3.23. The third kappa shape index (κ3) is 4.94. The van der Waals surface area contributed by atoms with Crippen LogP contribution in [0, 0.1) is 0 Å². The number of carbonyl (C=O) groups is 2. The molecule has 27 heavy (non-hydrogen) atoms. The molecule has 0 aliphatic rings. The summed E-state index contributed by atoms with van der Waals surface area (Å²) in [6.07, 6.45) is 0.196. The minimum absolute atomic E-state index is 0.0988. The van der Waals surface area contributed by atoms with Crippen molar-refractivity contribution in [3.8, 4) is 0 Å². The van der Waals surface area contributed by atoms with Crippen LogP contribution in [0.1, 0.15) is 43.5 Å². The lowest BCUT2D eigenvalue weighted by Gasteiger charge is -2.20. The summed E-state index contributed by atoms with van der Waals surface area (Å²) in [7, 11) is 0. The summed E-state index contributed by atoms with van der Waals surface area (Å²) in [4.78, 5) is 24.1. The Morgan fingerprint density at radius 2 is 1.48 bits per heavy atom. The van der Waals surface area contributed by atoms with Crippen molar-refractivity contribution in [2.24, 2.45) is 0 Å². The van der Waals surface area contributed by atoms with E-state index in [4.69, 9.17) is 0 Å². The molecule has 0 saturated carbocycles. The molecule has 0 radical (unpaired) electrons. The molecule has 2 amide bonds. The Morgan fingerprint density at radius 1 is 0.815 bits per heavy atom. The first-order chi connectivity index (χ1) is 13.0. The van der Waals surface area contributed by atoms with E-state index >= 15 is 0 Å². The summed E-state index contributed by atoms with van der Waals surface area (Å²) in [5.41, 5.74) is 1.97. The minimum atomic E-state index is -0.340. The molecule has 0 aliphatic heterocycles. The van der Waals surface area contributed by atoms with Crippen molar-refractivity contribution in [1.29, 1.82) is 0 Å². The molecule has 2 atom stereocenters. The Labute approximate surface area is 159 Å². The van der Waals surface area contributed by atoms with E-state index in [2.05, 4.69) is 34.9 Å². The van der Waals surface area contributed by atoms with E-state index in [-0.39, 0.29) is 30.3 Å². The van der Waals surface area contributed by atoms with Crippen molar-refractivity contribution in [3.63, 3.8) is 0 Å². The summed E-state index contributed by atoms with van der Waals surface area (Å²) in [5, 5.41) is 8.23. The molecule has 0 fully saturated rings. The van der Waals surface area contributed by atoms with Crippen LogP contribution in [0.5, 0.6) is 0 Å². The topological polar surface area (TPSA) is 58.2 Å². The first-order valence-corrected chi connectivity index (χ1v) is 9.13. The van der Waals surface area contributed by atoms with Crippen molar-refractivity contribution in [2.75, 3.05) is 0 Å². The van der Waals surface area contributed by atoms with Crippen LogP contribution in [0.4, 0.5) is 0 Å². The number of rotatable bonds is 6. The maximum Gasteiger partial charge on any atom is 0.222 e. The van der Waals surface area contributed by atoms with Gasteiger partial charge in [0.05, 0.1) is 18.5 Å². The van der Waals surface area contributed by atoms with E-state index < -0.39 is 0 Å². The number of benzene rings is 3. The maximum absolute atomic E-state index is 12.6. The van der Waals surface area contributed by atoms with E-state index in [0.717, 1.165) is 16.5 Å². The average molecular weight is 360 g/mol. The van der Waals surface area contributed by atoms with Crippen molar-refractivity contribution in [3.05, 3.63) is 83.9 Å². The van der Waals surface area contributed by atoms with Gasteiger partial charge in [0.15, 0.2) is 0 Å². The molecule has 0 unspecified atom stereocenters. The second kappa shape index (κ2) is 8.49. The molecule has 0 bridgehead atoms. The van der Waals surface area contributed by atoms with Gasteiger partial charge in [0, 0.05) is 6.92 Å². The number of amides is 2. The Hall–Kier alpha value is -3.14. The van der Waals surface area contributed by atoms with Crippen molar-refractivity contribution >= 4 is 22.6 Å². The van der Waals surface area contributed by atoms with E-state index in [1.54, 1.807) is 0 Å². The molecule has 3 aromatic carbocycles. The fourth-order valence-corrected chi connectivity index (χ4v) is 3.23. The van der Waals surface area contributed by atoms with E-state index in [1.807, 2.05) is 55.5 Å². The quantitative estimate of drug-likeness (QED) is 0.689. The van der Waals surface area contributed by atoms with Gasteiger partial charge in [-0.15, -0.1) is 0 Å². The third-order valence-electron chi connectivity index (χ3n) is 4.62. The summed E-state index contributed by atoms with van der Waals surface area (Å²) < 4.78 is 0. The minimum Gasteiger partial charge on any atom is -0.350 e. The molecule has 3 rings (SSSR count). The van der Waals surface area contributed by atoms with Gasteiger partial charge in [0.1, 0.15) is 0 Å². The molecule has 0 saturated heterocycles. The number of hydrogen-bond donors (Lipinski definition) is 2. The van der Waals surface area contributed by atoms with Gasteiger partial charge in [-0.25, -0.2) is 0 Å². The maximum atomic E-state index is 12.6. The van der Waals surface area contributed by atoms with Crippen molar-refractivity contribution < 1.29 is 9.59 Å². The molecule has 0 aliphatic carbocycles. The third-order valence-corrected chi connectivity index (χ3v) is 4.62. The van der Waals surface area contributed by atoms with Crippen LogP contribution in [-0.4, -0.2) is 11.8 Å². The molecule has 4 nitrogen and oxygen atoms in total. The van der Waals surface area contributed by atoms with Gasteiger partial charge >= 0.3 is 0 Å². The second-order valence-corrected chi connectivity index (χ2v) is 6.76. The van der Waals surface area contributed by atoms with Gasteiger partial charge in [0.2, 0.25) is 11.8 Å². The molecule has 3 aromatic rings. The number of carbonyl (C=O) groups excluding carboxylic acids is 2. The van der Waals surface area contributed by atoms with Gasteiger partial charge < -0.3 is 10.6 Å². The normalized spacial score (nSPS) is 13.0. The number of hydrogen-bond acceptors (Lipinski definition) is 2. The van der Waals surface area contributed by atoms with Crippen LogP contribution < -0.4 is 10.6 Å². The van der Waals surface area contributed by atoms with Crippen LogP contribution in [0.3, 0.4) is 0 Å². The van der Waals surface area contributed by atoms with Crippen LogP contribution in [-0.2, 0) is 9.59 Å². The zero-order chi connectivity index (χ0) is 19.2. The highest BCUT2D eigenvalue weighted by Gasteiger charge is 2.18. The Morgan fingerprint density at radius 3 is 2.19 bits per heavy atom. The molecule has 4 heteroatoms. The summed E-state index contributed by atoms with van der Waals surface area (Å²) in [6, 6.07) is 23.5. The molecule has 0 heterocycles. The predicted molar refractivity (Wildman–Crippen MR) is 108 cm³/mol. The van der Waals surface area contributed by atoms with Gasteiger partial charge in [-0.1, -0.05) is 66.7 Å². The molecular formula is C23H24N2O2. The number of fused-ring (bicyclic) bond motifs is 1. The first kappa shape index (κ1) is 18.6. The van der Waals surface area contributed by atoms with Crippen molar-refractivity contribution in [2.45, 2.75) is 32.4 Å². The highest BCUT2D eigenvalue weighted by atomic mass is 16.2. The highest BCUT2D eigenvalue weighted by molar-refractivity contribution is 5.83. The Bertz CT molecular complexity index is 937. The predicted octanol–water partition coefficient (Wildman–Crippen LogP) is 4.28. The second-order valence-electron chi connectivity index (χ2n) is 6.76.